The molecule has 0 aromatic heterocycles. The van der Waals surface area contributed by atoms with Crippen molar-refractivity contribution in [2.75, 3.05) is 11.9 Å². The van der Waals surface area contributed by atoms with E-state index in [-0.39, 0.29) is 5.56 Å². The molecule has 1 aliphatic heterocycles. The van der Waals surface area contributed by atoms with Crippen molar-refractivity contribution in [3.8, 4) is 0 Å². The molecule has 0 bridgehead atoms. The molecule has 1 aliphatic rings. The number of nitrogens with one attached hydrogen (secondary N) is 1. The van der Waals surface area contributed by atoms with E-state index in [4.69, 9.17) is 0 Å². The van der Waals surface area contributed by atoms with Gasteiger partial charge < -0.3 is 5.32 Å². The van der Waals surface area contributed by atoms with E-state index >= 15 is 0 Å². The van der Waals surface area contributed by atoms with E-state index in [2.05, 4.69) is 5.32 Å². The number of hydrogen-bond donors (Lipinski definition) is 1. The molecule has 2 aromatic carbocycles. The van der Waals surface area contributed by atoms with Gasteiger partial charge in [-0.05, 0) is 31.0 Å². The van der Waals surface area contributed by atoms with Crippen LogP contribution in [-0.4, -0.2) is 6.54 Å². The van der Waals surface area contributed by atoms with Crippen LogP contribution in [0.1, 0.15) is 28.4 Å². The average molecular weight is 259 g/mol. The molecule has 1 heterocycles. The summed E-state index contributed by atoms with van der Waals surface area (Å²) in [7, 11) is 0. The Hall–Kier alpha value is -1.90. The van der Waals surface area contributed by atoms with Gasteiger partial charge in [-0.25, -0.2) is 8.78 Å². The van der Waals surface area contributed by atoms with Crippen LogP contribution in [-0.2, 0) is 6.42 Å². The van der Waals surface area contributed by atoms with Gasteiger partial charge in [0.2, 0.25) is 0 Å². The molecule has 0 radical (unpaired) electrons. The molecule has 3 heteroatoms. The summed E-state index contributed by atoms with van der Waals surface area (Å²) >= 11 is 0. The molecule has 1 nitrogen and oxygen atoms in total. The Bertz CT molecular complexity index is 622. The second-order valence-electron chi connectivity index (χ2n) is 4.95. The van der Waals surface area contributed by atoms with Crippen molar-refractivity contribution >= 4 is 5.69 Å². The lowest BCUT2D eigenvalue weighted by Gasteiger charge is -2.15. The fourth-order valence-electron chi connectivity index (χ4n) is 2.60. The summed E-state index contributed by atoms with van der Waals surface area (Å²) in [4.78, 5) is 0. The van der Waals surface area contributed by atoms with Gasteiger partial charge in [-0.1, -0.05) is 29.8 Å². The van der Waals surface area contributed by atoms with Crippen LogP contribution in [0.4, 0.5) is 14.5 Å². The third kappa shape index (κ3) is 2.09. The highest BCUT2D eigenvalue weighted by molar-refractivity contribution is 5.63. The number of anilines is 1. The summed E-state index contributed by atoms with van der Waals surface area (Å²) in [5, 5.41) is 3.19. The number of halogens is 2. The lowest BCUT2D eigenvalue weighted by molar-refractivity contribution is 0.388. The number of aryl methyl sites for hydroxylation is 1. The third-order valence-corrected chi connectivity index (χ3v) is 3.58. The van der Waals surface area contributed by atoms with Crippen LogP contribution in [0.5, 0.6) is 0 Å². The minimum Gasteiger partial charge on any atom is -0.384 e. The lowest BCUT2D eigenvalue weighted by Crippen LogP contribution is -2.02. The van der Waals surface area contributed by atoms with Gasteiger partial charge >= 0.3 is 0 Å². The van der Waals surface area contributed by atoms with Gasteiger partial charge in [-0.3, -0.25) is 0 Å². The van der Waals surface area contributed by atoms with Crippen LogP contribution in [0.15, 0.2) is 36.4 Å². The first-order valence-corrected chi connectivity index (χ1v) is 6.42. The fourth-order valence-corrected chi connectivity index (χ4v) is 2.60. The van der Waals surface area contributed by atoms with Gasteiger partial charge in [0.05, 0.1) is 0 Å². The summed E-state index contributed by atoms with van der Waals surface area (Å²) in [5.74, 6) is -0.492. The maximum Gasteiger partial charge on any atom is 0.155 e. The molecule has 0 fully saturated rings. The van der Waals surface area contributed by atoms with Crippen molar-refractivity contribution in [1.82, 2.24) is 0 Å². The largest absolute Gasteiger partial charge is 0.384 e. The predicted molar refractivity (Wildman–Crippen MR) is 72.7 cm³/mol. The number of benzene rings is 2. The van der Waals surface area contributed by atoms with Gasteiger partial charge in [0.1, 0.15) is 5.82 Å². The Morgan fingerprint density at radius 1 is 1.16 bits per heavy atom. The van der Waals surface area contributed by atoms with E-state index in [1.54, 1.807) is 18.2 Å². The Kier molecular flexibility index (Phi) is 2.97. The number of alkyl halides is 1. The van der Waals surface area contributed by atoms with Crippen molar-refractivity contribution in [2.24, 2.45) is 0 Å². The van der Waals surface area contributed by atoms with Crippen molar-refractivity contribution in [3.05, 3.63) is 64.5 Å². The molecule has 19 heavy (non-hydrogen) atoms. The second kappa shape index (κ2) is 4.65. The van der Waals surface area contributed by atoms with E-state index in [1.807, 2.05) is 19.1 Å². The number of rotatable bonds is 2. The minimum atomic E-state index is -1.43. The average Bonchev–Trinajstić information content (AvgIpc) is 2.89. The van der Waals surface area contributed by atoms with Crippen LogP contribution < -0.4 is 5.32 Å². The molecule has 0 saturated heterocycles. The molecule has 2 aromatic rings. The maximum absolute atomic E-state index is 14.7. The van der Waals surface area contributed by atoms with Gasteiger partial charge in [0.15, 0.2) is 6.17 Å². The van der Waals surface area contributed by atoms with Gasteiger partial charge in [0.25, 0.3) is 0 Å². The summed E-state index contributed by atoms with van der Waals surface area (Å²) in [6.07, 6.45) is -0.535. The molecule has 0 aliphatic carbocycles. The Labute approximate surface area is 111 Å². The molecule has 98 valence electrons. The van der Waals surface area contributed by atoms with Crippen molar-refractivity contribution in [2.45, 2.75) is 19.5 Å². The quantitative estimate of drug-likeness (QED) is 0.853. The first-order chi connectivity index (χ1) is 9.16. The zero-order valence-electron chi connectivity index (χ0n) is 10.7. The fraction of sp³-hybridized carbons (Fsp3) is 0.250. The molecule has 1 atom stereocenters. The maximum atomic E-state index is 14.7. The highest BCUT2D eigenvalue weighted by Gasteiger charge is 2.23. The normalized spacial score (nSPS) is 14.9. The molecule has 3 rings (SSSR count). The monoisotopic (exact) mass is 259 g/mol. The zero-order chi connectivity index (χ0) is 13.4. The van der Waals surface area contributed by atoms with Crippen molar-refractivity contribution in [3.63, 3.8) is 0 Å². The SMILES string of the molecule is Cc1ccc(F)c(C(F)c2cccc3c2NCC3)c1. The molecule has 0 amide bonds. The van der Waals surface area contributed by atoms with E-state index < -0.39 is 12.0 Å². The molecule has 0 spiro atoms. The van der Waals surface area contributed by atoms with Crippen molar-refractivity contribution in [1.29, 1.82) is 0 Å². The molecule has 1 N–H and O–H groups in total. The second-order valence-corrected chi connectivity index (χ2v) is 4.95. The molecule has 0 saturated carbocycles. The Balaban J connectivity index is 2.07. The smallest absolute Gasteiger partial charge is 0.155 e. The van der Waals surface area contributed by atoms with E-state index in [9.17, 15) is 8.78 Å². The van der Waals surface area contributed by atoms with Crippen LogP contribution in [0.3, 0.4) is 0 Å². The summed E-state index contributed by atoms with van der Waals surface area (Å²) in [5.41, 5.74) is 3.44. The van der Waals surface area contributed by atoms with Crippen LogP contribution >= 0.6 is 0 Å². The zero-order valence-corrected chi connectivity index (χ0v) is 10.7. The first-order valence-electron chi connectivity index (χ1n) is 6.42. The number of para-hydroxylation sites is 1. The molecular weight excluding hydrogens is 244 g/mol. The van der Waals surface area contributed by atoms with Crippen molar-refractivity contribution < 1.29 is 8.78 Å². The molecule has 1 unspecified atom stereocenters. The van der Waals surface area contributed by atoms with E-state index in [0.717, 1.165) is 29.8 Å². The lowest BCUT2D eigenvalue weighted by atomic mass is 9.97. The first kappa shape index (κ1) is 12.2. The van der Waals surface area contributed by atoms with Crippen LogP contribution in [0, 0.1) is 12.7 Å². The number of hydrogen-bond acceptors (Lipinski definition) is 1. The van der Waals surface area contributed by atoms with Gasteiger partial charge in [0, 0.05) is 23.4 Å². The van der Waals surface area contributed by atoms with Gasteiger partial charge in [-0.15, -0.1) is 0 Å². The highest BCUT2D eigenvalue weighted by Crippen LogP contribution is 2.37. The topological polar surface area (TPSA) is 12.0 Å². The van der Waals surface area contributed by atoms with Gasteiger partial charge in [-0.2, -0.15) is 0 Å². The Morgan fingerprint density at radius 3 is 2.84 bits per heavy atom. The van der Waals surface area contributed by atoms with Crippen LogP contribution in [0.25, 0.3) is 0 Å². The highest BCUT2D eigenvalue weighted by atomic mass is 19.1. The standard InChI is InChI=1S/C16H15F2N/c1-10-5-6-14(17)13(9-10)15(18)12-4-2-3-11-7-8-19-16(11)12/h2-6,9,15,19H,7-8H2,1H3. The predicted octanol–water partition coefficient (Wildman–Crippen LogP) is 4.16. The van der Waals surface area contributed by atoms with E-state index in [1.165, 1.54) is 6.07 Å². The summed E-state index contributed by atoms with van der Waals surface area (Å²) < 4.78 is 28.5. The van der Waals surface area contributed by atoms with Crippen LogP contribution in [0.2, 0.25) is 0 Å². The summed E-state index contributed by atoms with van der Waals surface area (Å²) in [6, 6.07) is 10.1. The minimum absolute atomic E-state index is 0.113. The van der Waals surface area contributed by atoms with E-state index in [0.29, 0.717) is 5.56 Å². The third-order valence-electron chi connectivity index (χ3n) is 3.58. The number of fused-ring (bicyclic) bond motifs is 1. The Morgan fingerprint density at radius 2 is 2.00 bits per heavy atom. The summed E-state index contributed by atoms with van der Waals surface area (Å²) in [6.45, 7) is 2.65. The molecular formula is C16H15F2N.